The van der Waals surface area contributed by atoms with E-state index in [2.05, 4.69) is 4.98 Å². The van der Waals surface area contributed by atoms with Crippen molar-refractivity contribution in [1.29, 1.82) is 0 Å². The summed E-state index contributed by atoms with van der Waals surface area (Å²) in [5, 5.41) is 2.94. The minimum absolute atomic E-state index is 0.128. The van der Waals surface area contributed by atoms with Gasteiger partial charge in [-0.25, -0.2) is 9.78 Å². The van der Waals surface area contributed by atoms with Crippen LogP contribution < -0.4 is 4.74 Å². The number of carbonyl (C=O) groups excluding carboxylic acids is 2. The number of ether oxygens (including phenoxy) is 2. The van der Waals surface area contributed by atoms with Gasteiger partial charge in [-0.2, -0.15) is 0 Å². The van der Waals surface area contributed by atoms with E-state index in [1.807, 2.05) is 12.3 Å². The molecule has 3 rings (SSSR count). The molecule has 0 unspecified atom stereocenters. The van der Waals surface area contributed by atoms with Crippen LogP contribution in [0.25, 0.3) is 0 Å². The predicted molar refractivity (Wildman–Crippen MR) is 93.7 cm³/mol. The first kappa shape index (κ1) is 17.4. The Hall–Kier alpha value is -2.41. The predicted octanol–water partition coefficient (Wildman–Crippen LogP) is 2.81. The molecule has 2 heterocycles. The van der Waals surface area contributed by atoms with Crippen LogP contribution in [0, 0.1) is 6.92 Å². The first-order valence-electron chi connectivity index (χ1n) is 8.20. The molecule has 6 nitrogen and oxygen atoms in total. The average Bonchev–Trinajstić information content (AvgIpc) is 3.21. The van der Waals surface area contributed by atoms with E-state index in [-0.39, 0.29) is 12.5 Å². The van der Waals surface area contributed by atoms with Gasteiger partial charge in [-0.15, -0.1) is 11.3 Å². The van der Waals surface area contributed by atoms with Crippen molar-refractivity contribution in [3.8, 4) is 5.75 Å². The van der Waals surface area contributed by atoms with Gasteiger partial charge in [0.15, 0.2) is 0 Å². The third kappa shape index (κ3) is 4.79. The molecule has 0 saturated carbocycles. The Kier molecular flexibility index (Phi) is 5.65. The smallest absolute Gasteiger partial charge is 0.338 e. The van der Waals surface area contributed by atoms with Crippen molar-refractivity contribution in [3.05, 3.63) is 45.9 Å². The van der Waals surface area contributed by atoms with Gasteiger partial charge < -0.3 is 14.4 Å². The summed E-state index contributed by atoms with van der Waals surface area (Å²) in [4.78, 5) is 29.7. The minimum Gasteiger partial charge on any atom is -0.487 e. The van der Waals surface area contributed by atoms with Crippen molar-refractivity contribution in [2.75, 3.05) is 19.7 Å². The number of carbonyl (C=O) groups is 2. The molecule has 7 heteroatoms. The molecule has 0 spiro atoms. The summed E-state index contributed by atoms with van der Waals surface area (Å²) in [5.41, 5.74) is 1.30. The fourth-order valence-corrected chi connectivity index (χ4v) is 3.21. The van der Waals surface area contributed by atoms with Gasteiger partial charge in [0.25, 0.3) is 0 Å². The first-order chi connectivity index (χ1) is 12.1. The maximum Gasteiger partial charge on any atom is 0.338 e. The number of likely N-dealkylation sites (tertiary alicyclic amines) is 1. The first-order valence-corrected chi connectivity index (χ1v) is 9.08. The summed E-state index contributed by atoms with van der Waals surface area (Å²) in [6, 6.07) is 6.88. The number of hydrogen-bond donors (Lipinski definition) is 0. The molecule has 25 heavy (non-hydrogen) atoms. The highest BCUT2D eigenvalue weighted by molar-refractivity contribution is 7.09. The number of benzene rings is 1. The Morgan fingerprint density at radius 3 is 3.00 bits per heavy atom. The van der Waals surface area contributed by atoms with E-state index < -0.39 is 5.97 Å². The lowest BCUT2D eigenvalue weighted by Crippen LogP contribution is -2.29. The second-order valence-electron chi connectivity index (χ2n) is 5.79. The number of nitrogens with zero attached hydrogens (tertiary/aromatic N) is 2. The molecule has 1 aliphatic rings. The number of thiazole rings is 1. The molecule has 0 atom stereocenters. The van der Waals surface area contributed by atoms with Crippen LogP contribution in [0.4, 0.5) is 0 Å². The second-order valence-corrected chi connectivity index (χ2v) is 6.86. The molecule has 2 aromatic rings. The molecular weight excluding hydrogens is 340 g/mol. The van der Waals surface area contributed by atoms with Gasteiger partial charge in [-0.3, -0.25) is 4.79 Å². The Morgan fingerprint density at radius 2 is 2.28 bits per heavy atom. The van der Waals surface area contributed by atoms with Crippen LogP contribution in [-0.4, -0.2) is 41.5 Å². The van der Waals surface area contributed by atoms with E-state index in [1.165, 1.54) is 0 Å². The van der Waals surface area contributed by atoms with E-state index in [1.54, 1.807) is 40.5 Å². The molecule has 1 saturated heterocycles. The van der Waals surface area contributed by atoms with Crippen molar-refractivity contribution in [1.82, 2.24) is 9.88 Å². The van der Waals surface area contributed by atoms with E-state index in [0.717, 1.165) is 23.7 Å². The van der Waals surface area contributed by atoms with Crippen LogP contribution in [0.2, 0.25) is 0 Å². The number of aromatic nitrogens is 1. The van der Waals surface area contributed by atoms with Gasteiger partial charge >= 0.3 is 5.97 Å². The van der Waals surface area contributed by atoms with Crippen molar-refractivity contribution in [2.45, 2.75) is 26.4 Å². The molecule has 0 aliphatic carbocycles. The van der Waals surface area contributed by atoms with Gasteiger partial charge in [0.2, 0.25) is 5.91 Å². The summed E-state index contributed by atoms with van der Waals surface area (Å²) >= 11 is 1.57. The highest BCUT2D eigenvalue weighted by atomic mass is 32.1. The van der Waals surface area contributed by atoms with Crippen molar-refractivity contribution < 1.29 is 19.1 Å². The zero-order valence-corrected chi connectivity index (χ0v) is 14.9. The van der Waals surface area contributed by atoms with Crippen LogP contribution in [0.3, 0.4) is 0 Å². The Morgan fingerprint density at radius 1 is 1.40 bits per heavy atom. The second kappa shape index (κ2) is 8.11. The summed E-state index contributed by atoms with van der Waals surface area (Å²) in [6.07, 6.45) is 1.47. The van der Waals surface area contributed by atoms with Crippen molar-refractivity contribution in [3.63, 3.8) is 0 Å². The highest BCUT2D eigenvalue weighted by Gasteiger charge is 2.20. The molecular formula is C18H20N2O4S. The van der Waals surface area contributed by atoms with Gasteiger partial charge in [-0.05, 0) is 31.5 Å². The summed E-state index contributed by atoms with van der Waals surface area (Å²) in [7, 11) is 0. The third-order valence-electron chi connectivity index (χ3n) is 3.89. The summed E-state index contributed by atoms with van der Waals surface area (Å²) < 4.78 is 10.9. The molecule has 0 bridgehead atoms. The fraction of sp³-hybridized carbons (Fsp3) is 0.389. The molecule has 1 aliphatic heterocycles. The minimum atomic E-state index is -0.415. The maximum absolute atomic E-state index is 12.1. The van der Waals surface area contributed by atoms with Gasteiger partial charge in [0.1, 0.15) is 19.0 Å². The molecule has 1 aromatic heterocycles. The van der Waals surface area contributed by atoms with Crippen LogP contribution in [-0.2, 0) is 16.1 Å². The summed E-state index contributed by atoms with van der Waals surface area (Å²) in [6.45, 7) is 3.70. The quantitative estimate of drug-likeness (QED) is 0.710. The van der Waals surface area contributed by atoms with E-state index >= 15 is 0 Å². The number of amides is 1. The van der Waals surface area contributed by atoms with Crippen LogP contribution in [0.1, 0.15) is 33.9 Å². The highest BCUT2D eigenvalue weighted by Crippen LogP contribution is 2.17. The number of esters is 1. The Balaban J connectivity index is 1.49. The number of rotatable bonds is 7. The molecule has 0 radical (unpaired) electrons. The lowest BCUT2D eigenvalue weighted by atomic mass is 10.2. The van der Waals surface area contributed by atoms with Crippen LogP contribution in [0.15, 0.2) is 29.6 Å². The van der Waals surface area contributed by atoms with Gasteiger partial charge in [-0.1, -0.05) is 6.07 Å². The summed E-state index contributed by atoms with van der Waals surface area (Å²) in [5.74, 6) is 0.306. The standard InChI is InChI=1S/C18H20N2O4S/c1-13-19-15(12-25-13)11-24-16-5-2-4-14(10-16)18(22)23-9-8-20-7-3-6-17(20)21/h2,4-5,10,12H,3,6-9,11H2,1H3. The molecule has 1 fully saturated rings. The van der Waals surface area contributed by atoms with Crippen molar-refractivity contribution in [2.24, 2.45) is 0 Å². The van der Waals surface area contributed by atoms with E-state index in [0.29, 0.717) is 30.9 Å². The lowest BCUT2D eigenvalue weighted by molar-refractivity contribution is -0.128. The monoisotopic (exact) mass is 360 g/mol. The largest absolute Gasteiger partial charge is 0.487 e. The van der Waals surface area contributed by atoms with Crippen LogP contribution in [0.5, 0.6) is 5.75 Å². The van der Waals surface area contributed by atoms with E-state index in [4.69, 9.17) is 9.47 Å². The van der Waals surface area contributed by atoms with Crippen molar-refractivity contribution >= 4 is 23.2 Å². The molecule has 1 amide bonds. The average molecular weight is 360 g/mol. The normalized spacial score (nSPS) is 14.0. The third-order valence-corrected chi connectivity index (χ3v) is 4.71. The zero-order chi connectivity index (χ0) is 17.6. The number of aryl methyl sites for hydroxylation is 1. The fourth-order valence-electron chi connectivity index (χ4n) is 2.62. The Bertz CT molecular complexity index is 759. The van der Waals surface area contributed by atoms with E-state index in [9.17, 15) is 9.59 Å². The topological polar surface area (TPSA) is 68.7 Å². The Labute approximate surface area is 150 Å². The van der Waals surface area contributed by atoms with Gasteiger partial charge in [0.05, 0.1) is 22.8 Å². The molecule has 0 N–H and O–H groups in total. The lowest BCUT2D eigenvalue weighted by Gasteiger charge is -2.15. The zero-order valence-electron chi connectivity index (χ0n) is 14.1. The van der Waals surface area contributed by atoms with Crippen LogP contribution >= 0.6 is 11.3 Å². The van der Waals surface area contributed by atoms with Gasteiger partial charge in [0, 0.05) is 18.3 Å². The maximum atomic E-state index is 12.1. The molecule has 1 aromatic carbocycles. The molecule has 132 valence electrons. The number of hydrogen-bond acceptors (Lipinski definition) is 6. The SMILES string of the molecule is Cc1nc(COc2cccc(C(=O)OCCN3CCCC3=O)c2)cs1.